The molecule has 1 aromatic rings. The zero-order valence-electron chi connectivity index (χ0n) is 10.7. The van der Waals surface area contributed by atoms with Crippen molar-refractivity contribution in [2.24, 2.45) is 5.41 Å². The molecule has 0 radical (unpaired) electrons. The highest BCUT2D eigenvalue weighted by molar-refractivity contribution is 9.10. The zero-order chi connectivity index (χ0) is 13.3. The molecule has 4 nitrogen and oxygen atoms in total. The van der Waals surface area contributed by atoms with E-state index < -0.39 is 0 Å². The summed E-state index contributed by atoms with van der Waals surface area (Å²) >= 11 is 3.32. The van der Waals surface area contributed by atoms with E-state index in [0.29, 0.717) is 16.8 Å². The maximum atomic E-state index is 12.4. The first-order valence-corrected chi connectivity index (χ1v) is 6.89. The van der Waals surface area contributed by atoms with Crippen LogP contribution in [0.4, 0.5) is 5.82 Å². The van der Waals surface area contributed by atoms with Crippen LogP contribution >= 0.6 is 15.9 Å². The molecule has 98 valence electrons. The van der Waals surface area contributed by atoms with Crippen molar-refractivity contribution in [1.29, 1.82) is 0 Å². The van der Waals surface area contributed by atoms with E-state index in [0.717, 1.165) is 30.4 Å². The number of piperidine rings is 1. The zero-order valence-corrected chi connectivity index (χ0v) is 12.3. The van der Waals surface area contributed by atoms with Crippen molar-refractivity contribution in [1.82, 2.24) is 9.88 Å². The molecule has 1 aromatic heterocycles. The highest BCUT2D eigenvalue weighted by atomic mass is 79.9. The molecular formula is C13H18BrN3O. The van der Waals surface area contributed by atoms with Crippen molar-refractivity contribution in [2.75, 3.05) is 18.8 Å². The smallest absolute Gasteiger partial charge is 0.257 e. The van der Waals surface area contributed by atoms with Crippen molar-refractivity contribution >= 4 is 27.7 Å². The Labute approximate surface area is 116 Å². The number of carbonyl (C=O) groups excluding carboxylic acids is 1. The number of nitrogens with two attached hydrogens (primary N) is 1. The number of hydrogen-bond acceptors (Lipinski definition) is 3. The van der Waals surface area contributed by atoms with Gasteiger partial charge in [-0.3, -0.25) is 4.79 Å². The number of aromatic nitrogens is 1. The van der Waals surface area contributed by atoms with Crippen LogP contribution in [0.15, 0.2) is 16.7 Å². The summed E-state index contributed by atoms with van der Waals surface area (Å²) in [5.74, 6) is 0.282. The molecule has 0 bridgehead atoms. The summed E-state index contributed by atoms with van der Waals surface area (Å²) in [4.78, 5) is 18.2. The van der Waals surface area contributed by atoms with E-state index >= 15 is 0 Å². The van der Waals surface area contributed by atoms with Crippen LogP contribution in [0.2, 0.25) is 0 Å². The van der Waals surface area contributed by atoms with E-state index in [1.165, 1.54) is 0 Å². The lowest BCUT2D eigenvalue weighted by atomic mass is 9.82. The molecule has 5 heteroatoms. The van der Waals surface area contributed by atoms with Crippen LogP contribution in [0.5, 0.6) is 0 Å². The summed E-state index contributed by atoms with van der Waals surface area (Å²) in [7, 11) is 0. The Morgan fingerprint density at radius 3 is 2.67 bits per heavy atom. The lowest BCUT2D eigenvalue weighted by molar-refractivity contribution is 0.0631. The number of likely N-dealkylation sites (tertiary alicyclic amines) is 1. The third-order valence-electron chi connectivity index (χ3n) is 3.52. The lowest BCUT2D eigenvalue weighted by Gasteiger charge is -2.37. The second kappa shape index (κ2) is 4.88. The van der Waals surface area contributed by atoms with Gasteiger partial charge in [0.2, 0.25) is 0 Å². The number of rotatable bonds is 1. The topological polar surface area (TPSA) is 59.2 Å². The van der Waals surface area contributed by atoms with Gasteiger partial charge >= 0.3 is 0 Å². The van der Waals surface area contributed by atoms with E-state index in [2.05, 4.69) is 34.8 Å². The van der Waals surface area contributed by atoms with Crippen LogP contribution < -0.4 is 5.73 Å². The summed E-state index contributed by atoms with van der Waals surface area (Å²) in [6.45, 7) is 6.06. The molecule has 18 heavy (non-hydrogen) atoms. The van der Waals surface area contributed by atoms with Gasteiger partial charge in [-0.05, 0) is 40.3 Å². The van der Waals surface area contributed by atoms with E-state index in [-0.39, 0.29) is 5.91 Å². The second-order valence-electron chi connectivity index (χ2n) is 5.54. The van der Waals surface area contributed by atoms with Crippen molar-refractivity contribution in [3.8, 4) is 0 Å². The van der Waals surface area contributed by atoms with Gasteiger partial charge in [0.05, 0.1) is 5.56 Å². The second-order valence-corrected chi connectivity index (χ2v) is 6.46. The molecule has 1 aliphatic heterocycles. The quantitative estimate of drug-likeness (QED) is 0.867. The molecular weight excluding hydrogens is 294 g/mol. The monoisotopic (exact) mass is 311 g/mol. The average Bonchev–Trinajstić information content (AvgIpc) is 2.31. The first kappa shape index (κ1) is 13.3. The summed E-state index contributed by atoms with van der Waals surface area (Å²) in [6.07, 6.45) is 3.66. The molecule has 1 aliphatic rings. The molecule has 1 fully saturated rings. The van der Waals surface area contributed by atoms with Gasteiger partial charge in [-0.2, -0.15) is 0 Å². The fraction of sp³-hybridized carbons (Fsp3) is 0.538. The first-order valence-electron chi connectivity index (χ1n) is 6.09. The molecule has 0 saturated carbocycles. The molecule has 0 aliphatic carbocycles. The van der Waals surface area contributed by atoms with E-state index in [9.17, 15) is 4.79 Å². The third-order valence-corrected chi connectivity index (χ3v) is 3.95. The van der Waals surface area contributed by atoms with Gasteiger partial charge in [0.25, 0.3) is 5.91 Å². The van der Waals surface area contributed by atoms with Crippen LogP contribution in [0.3, 0.4) is 0 Å². The minimum atomic E-state index is -0.0169. The van der Waals surface area contributed by atoms with Crippen LogP contribution in [-0.2, 0) is 0 Å². The highest BCUT2D eigenvalue weighted by Crippen LogP contribution is 2.30. The molecule has 2 N–H and O–H groups in total. The molecule has 1 amide bonds. The van der Waals surface area contributed by atoms with Crippen molar-refractivity contribution in [3.63, 3.8) is 0 Å². The highest BCUT2D eigenvalue weighted by Gasteiger charge is 2.29. The predicted octanol–water partition coefficient (Wildman–Crippen LogP) is 2.69. The largest absolute Gasteiger partial charge is 0.383 e. The van der Waals surface area contributed by atoms with Gasteiger partial charge in [0, 0.05) is 23.8 Å². The molecule has 0 unspecified atom stereocenters. The molecule has 2 heterocycles. The summed E-state index contributed by atoms with van der Waals surface area (Å²) in [5, 5.41) is 0. The van der Waals surface area contributed by atoms with Gasteiger partial charge < -0.3 is 10.6 Å². The van der Waals surface area contributed by atoms with Gasteiger partial charge in [0.15, 0.2) is 0 Å². The number of anilines is 1. The van der Waals surface area contributed by atoms with E-state index in [1.807, 2.05) is 4.90 Å². The van der Waals surface area contributed by atoms with Crippen LogP contribution in [-0.4, -0.2) is 28.9 Å². The Bertz CT molecular complexity index is 463. The summed E-state index contributed by atoms with van der Waals surface area (Å²) in [6, 6.07) is 1.74. The summed E-state index contributed by atoms with van der Waals surface area (Å²) in [5.41, 5.74) is 6.59. The molecule has 0 spiro atoms. The first-order chi connectivity index (χ1) is 8.39. The van der Waals surface area contributed by atoms with Crippen molar-refractivity contribution in [3.05, 3.63) is 22.3 Å². The number of amides is 1. The van der Waals surface area contributed by atoms with E-state index in [4.69, 9.17) is 5.73 Å². The number of nitrogens with zero attached hydrogens (tertiary/aromatic N) is 2. The normalized spacial score (nSPS) is 18.7. The molecule has 0 aromatic carbocycles. The number of hydrogen-bond donors (Lipinski definition) is 1. The predicted molar refractivity (Wildman–Crippen MR) is 75.3 cm³/mol. The molecule has 2 rings (SSSR count). The number of pyridine rings is 1. The lowest BCUT2D eigenvalue weighted by Crippen LogP contribution is -2.41. The Hall–Kier alpha value is -1.10. The molecule has 1 saturated heterocycles. The van der Waals surface area contributed by atoms with Crippen LogP contribution in [0.1, 0.15) is 37.0 Å². The third kappa shape index (κ3) is 2.83. The van der Waals surface area contributed by atoms with E-state index in [1.54, 1.807) is 12.3 Å². The SMILES string of the molecule is CC1(C)CCN(C(=O)c2cc(Br)cnc2N)CC1. The molecule has 0 atom stereocenters. The number of nitrogen functional groups attached to an aromatic ring is 1. The Kier molecular flexibility index (Phi) is 3.61. The number of carbonyl (C=O) groups is 1. The Balaban J connectivity index is 2.15. The van der Waals surface area contributed by atoms with Gasteiger partial charge in [-0.1, -0.05) is 13.8 Å². The number of halogens is 1. The minimum absolute atomic E-state index is 0.0169. The van der Waals surface area contributed by atoms with Gasteiger partial charge in [-0.25, -0.2) is 4.98 Å². The van der Waals surface area contributed by atoms with Gasteiger partial charge in [-0.15, -0.1) is 0 Å². The average molecular weight is 312 g/mol. The van der Waals surface area contributed by atoms with Crippen molar-refractivity contribution in [2.45, 2.75) is 26.7 Å². The maximum Gasteiger partial charge on any atom is 0.257 e. The van der Waals surface area contributed by atoms with Crippen LogP contribution in [0, 0.1) is 5.41 Å². The van der Waals surface area contributed by atoms with Crippen LogP contribution in [0.25, 0.3) is 0 Å². The van der Waals surface area contributed by atoms with Crippen molar-refractivity contribution < 1.29 is 4.79 Å². The standard InChI is InChI=1S/C13H18BrN3O/c1-13(2)3-5-17(6-4-13)12(18)10-7-9(14)8-16-11(10)15/h7-8H,3-6H2,1-2H3,(H2,15,16). The maximum absolute atomic E-state index is 12.4. The fourth-order valence-electron chi connectivity index (χ4n) is 2.11. The Morgan fingerprint density at radius 2 is 2.06 bits per heavy atom. The van der Waals surface area contributed by atoms with Gasteiger partial charge in [0.1, 0.15) is 5.82 Å². The minimum Gasteiger partial charge on any atom is -0.383 e. The summed E-state index contributed by atoms with van der Waals surface area (Å²) < 4.78 is 0.775. The fourth-order valence-corrected chi connectivity index (χ4v) is 2.44. The Morgan fingerprint density at radius 1 is 1.44 bits per heavy atom.